The maximum atomic E-state index is 13.0. The Kier molecular flexibility index (Phi) is 7.74. The molecule has 2 unspecified atom stereocenters. The van der Waals surface area contributed by atoms with Crippen LogP contribution in [0.3, 0.4) is 0 Å². The van der Waals surface area contributed by atoms with Crippen LogP contribution in [-0.4, -0.2) is 33.0 Å². The van der Waals surface area contributed by atoms with Crippen molar-refractivity contribution in [3.05, 3.63) is 53.7 Å². The molecule has 1 aliphatic carbocycles. The van der Waals surface area contributed by atoms with Crippen LogP contribution in [0.2, 0.25) is 0 Å². The molecule has 3 N–H and O–H groups in total. The molecule has 0 amide bonds. The van der Waals surface area contributed by atoms with E-state index in [2.05, 4.69) is 62.1 Å². The zero-order valence-electron chi connectivity index (χ0n) is 20.9. The van der Waals surface area contributed by atoms with Crippen LogP contribution in [0.15, 0.2) is 42.5 Å². The van der Waals surface area contributed by atoms with E-state index in [9.17, 15) is 8.42 Å². The molecule has 1 saturated carbocycles. The Bertz CT molecular complexity index is 1030. The molecule has 7 heteroatoms. The van der Waals surface area contributed by atoms with E-state index in [0.717, 1.165) is 48.6 Å². The van der Waals surface area contributed by atoms with E-state index in [1.165, 1.54) is 0 Å². The zero-order chi connectivity index (χ0) is 24.3. The van der Waals surface area contributed by atoms with E-state index in [1.807, 2.05) is 37.4 Å². The van der Waals surface area contributed by atoms with E-state index in [-0.39, 0.29) is 28.5 Å². The van der Waals surface area contributed by atoms with Gasteiger partial charge in [0.2, 0.25) is 10.0 Å². The Hall–Kier alpha value is -2.12. The maximum Gasteiger partial charge on any atom is 0.216 e. The van der Waals surface area contributed by atoms with Crippen LogP contribution in [0.25, 0.3) is 0 Å². The fourth-order valence-electron chi connectivity index (χ4n) is 4.37. The molecule has 1 aromatic heterocycles. The van der Waals surface area contributed by atoms with Crippen molar-refractivity contribution in [3.8, 4) is 0 Å². The summed E-state index contributed by atoms with van der Waals surface area (Å²) in [4.78, 5) is 4.91. The third-order valence-electron chi connectivity index (χ3n) is 6.50. The highest BCUT2D eigenvalue weighted by molar-refractivity contribution is 7.88. The molecule has 0 saturated heterocycles. The van der Waals surface area contributed by atoms with Crippen molar-refractivity contribution in [1.29, 1.82) is 0 Å². The molecule has 2 atom stereocenters. The van der Waals surface area contributed by atoms with E-state index in [0.29, 0.717) is 0 Å². The van der Waals surface area contributed by atoms with E-state index in [1.54, 1.807) is 0 Å². The first-order chi connectivity index (χ1) is 15.4. The Morgan fingerprint density at radius 3 is 2.42 bits per heavy atom. The lowest BCUT2D eigenvalue weighted by Gasteiger charge is -2.42. The van der Waals surface area contributed by atoms with Gasteiger partial charge in [0.05, 0.1) is 11.4 Å². The summed E-state index contributed by atoms with van der Waals surface area (Å²) >= 11 is 0. The number of hydrogen-bond acceptors (Lipinski definition) is 5. The summed E-state index contributed by atoms with van der Waals surface area (Å²) in [5.74, 6) is 1.05. The molecule has 0 aliphatic heterocycles. The lowest BCUT2D eigenvalue weighted by atomic mass is 9.69. The van der Waals surface area contributed by atoms with Gasteiger partial charge in [-0.25, -0.2) is 18.1 Å². The first-order valence-corrected chi connectivity index (χ1v) is 13.5. The van der Waals surface area contributed by atoms with Crippen molar-refractivity contribution < 1.29 is 8.42 Å². The lowest BCUT2D eigenvalue weighted by Crippen LogP contribution is -2.48. The fraction of sp³-hybridized carbons (Fsp3) is 0.577. The van der Waals surface area contributed by atoms with Crippen molar-refractivity contribution >= 4 is 21.5 Å². The van der Waals surface area contributed by atoms with Gasteiger partial charge >= 0.3 is 0 Å². The standard InChI is InChI=1S/C26H40N4O2S/c1-25(2,3)18-28-22-13-12-21(29-24(22)27-6)20-14-15-26(4,5)23(16-20)30-33(31,32)17-19-10-8-7-9-11-19/h7-13,20,23,28,30H,14-18H2,1-6H3,(H,27,29). The van der Waals surface area contributed by atoms with Crippen LogP contribution in [0.1, 0.15) is 71.1 Å². The second kappa shape index (κ2) is 10.0. The highest BCUT2D eigenvalue weighted by Crippen LogP contribution is 2.43. The average Bonchev–Trinajstić information content (AvgIpc) is 2.73. The normalized spacial score (nSPS) is 20.9. The van der Waals surface area contributed by atoms with Crippen LogP contribution >= 0.6 is 0 Å². The first-order valence-electron chi connectivity index (χ1n) is 11.8. The SMILES string of the molecule is CNc1nc(C2CCC(C)(C)C(NS(=O)(=O)Cc3ccccc3)C2)ccc1NCC(C)(C)C. The maximum absolute atomic E-state index is 13.0. The van der Waals surface area contributed by atoms with E-state index < -0.39 is 10.0 Å². The summed E-state index contributed by atoms with van der Waals surface area (Å²) in [7, 11) is -1.56. The highest BCUT2D eigenvalue weighted by atomic mass is 32.2. The number of aromatic nitrogens is 1. The topological polar surface area (TPSA) is 83.1 Å². The molecule has 3 rings (SSSR count). The Morgan fingerprint density at radius 1 is 1.09 bits per heavy atom. The van der Waals surface area contributed by atoms with Gasteiger partial charge in [0, 0.05) is 31.2 Å². The molecule has 0 spiro atoms. The number of nitrogens with zero attached hydrogens (tertiary/aromatic N) is 1. The summed E-state index contributed by atoms with van der Waals surface area (Å²) in [5, 5.41) is 6.71. The minimum atomic E-state index is -3.44. The van der Waals surface area contributed by atoms with Gasteiger partial charge in [0.1, 0.15) is 5.82 Å². The Labute approximate surface area is 200 Å². The van der Waals surface area contributed by atoms with E-state index in [4.69, 9.17) is 4.98 Å². The smallest absolute Gasteiger partial charge is 0.216 e. The molecule has 1 aliphatic rings. The predicted octanol–water partition coefficient (Wildman–Crippen LogP) is 5.36. The number of hydrogen-bond donors (Lipinski definition) is 3. The highest BCUT2D eigenvalue weighted by Gasteiger charge is 2.39. The summed E-state index contributed by atoms with van der Waals surface area (Å²) in [5.41, 5.74) is 2.87. The summed E-state index contributed by atoms with van der Waals surface area (Å²) < 4.78 is 28.9. The fourth-order valence-corrected chi connectivity index (χ4v) is 5.93. The van der Waals surface area contributed by atoms with Gasteiger partial charge in [-0.2, -0.15) is 0 Å². The van der Waals surface area contributed by atoms with Gasteiger partial charge in [0.15, 0.2) is 0 Å². The van der Waals surface area contributed by atoms with Crippen LogP contribution in [0, 0.1) is 10.8 Å². The van der Waals surface area contributed by atoms with Gasteiger partial charge in [-0.15, -0.1) is 0 Å². The lowest BCUT2D eigenvalue weighted by molar-refractivity contribution is 0.170. The Morgan fingerprint density at radius 2 is 1.79 bits per heavy atom. The van der Waals surface area contributed by atoms with Crippen LogP contribution in [0.4, 0.5) is 11.5 Å². The van der Waals surface area contributed by atoms with Crippen molar-refractivity contribution in [3.63, 3.8) is 0 Å². The molecule has 1 aromatic carbocycles. The van der Waals surface area contributed by atoms with Gasteiger partial charge in [-0.3, -0.25) is 0 Å². The monoisotopic (exact) mass is 472 g/mol. The van der Waals surface area contributed by atoms with Gasteiger partial charge in [-0.05, 0) is 47.8 Å². The number of anilines is 2. The zero-order valence-corrected chi connectivity index (χ0v) is 21.7. The molecule has 2 aromatic rings. The number of benzene rings is 1. The molecule has 1 fully saturated rings. The van der Waals surface area contributed by atoms with Crippen molar-refractivity contribution in [2.24, 2.45) is 10.8 Å². The molecule has 6 nitrogen and oxygen atoms in total. The molecule has 33 heavy (non-hydrogen) atoms. The first kappa shape index (κ1) is 25.5. The van der Waals surface area contributed by atoms with Crippen LogP contribution < -0.4 is 15.4 Å². The number of pyridine rings is 1. The minimum Gasteiger partial charge on any atom is -0.382 e. The van der Waals surface area contributed by atoms with Gasteiger partial charge in [0.25, 0.3) is 0 Å². The molecule has 0 radical (unpaired) electrons. The second-order valence-corrected chi connectivity index (χ2v) is 12.9. The predicted molar refractivity (Wildman–Crippen MR) is 138 cm³/mol. The summed E-state index contributed by atoms with van der Waals surface area (Å²) in [6, 6.07) is 13.4. The van der Waals surface area contributed by atoms with Gasteiger partial charge < -0.3 is 10.6 Å². The molecule has 1 heterocycles. The summed E-state index contributed by atoms with van der Waals surface area (Å²) in [6.07, 6.45) is 2.68. The third-order valence-corrected chi connectivity index (χ3v) is 7.86. The molecule has 0 bridgehead atoms. The molecular formula is C26H40N4O2S. The number of sulfonamides is 1. The molecule has 182 valence electrons. The van der Waals surface area contributed by atoms with Crippen molar-refractivity contribution in [1.82, 2.24) is 9.71 Å². The van der Waals surface area contributed by atoms with Crippen molar-refractivity contribution in [2.45, 2.75) is 71.6 Å². The summed E-state index contributed by atoms with van der Waals surface area (Å²) in [6.45, 7) is 11.8. The molecular weight excluding hydrogens is 432 g/mol. The van der Waals surface area contributed by atoms with Gasteiger partial charge in [-0.1, -0.05) is 65.0 Å². The largest absolute Gasteiger partial charge is 0.382 e. The van der Waals surface area contributed by atoms with E-state index >= 15 is 0 Å². The second-order valence-electron chi connectivity index (χ2n) is 11.2. The quantitative estimate of drug-likeness (QED) is 0.481. The average molecular weight is 473 g/mol. The number of nitrogens with one attached hydrogen (secondary N) is 3. The Balaban J connectivity index is 1.75. The minimum absolute atomic E-state index is 0.00137. The number of rotatable bonds is 8. The van der Waals surface area contributed by atoms with Crippen LogP contribution in [0.5, 0.6) is 0 Å². The van der Waals surface area contributed by atoms with Crippen molar-refractivity contribution in [2.75, 3.05) is 24.2 Å². The van der Waals surface area contributed by atoms with Crippen LogP contribution in [-0.2, 0) is 15.8 Å². The third kappa shape index (κ3) is 7.18.